The molecule has 4 N–H and O–H groups in total. The fraction of sp³-hybridized carbons (Fsp3) is 0. The molecule has 15 heavy (non-hydrogen) atoms. The summed E-state index contributed by atoms with van der Waals surface area (Å²) in [6, 6.07) is 4.60. The van der Waals surface area contributed by atoms with E-state index in [2.05, 4.69) is 4.98 Å². The summed E-state index contributed by atoms with van der Waals surface area (Å²) in [5.74, 6) is -0.407. The average molecular weight is 249 g/mol. The van der Waals surface area contributed by atoms with Crippen LogP contribution in [-0.4, -0.2) is 15.2 Å². The predicted molar refractivity (Wildman–Crippen MR) is 64.0 cm³/mol. The van der Waals surface area contributed by atoms with Crippen LogP contribution in [0.15, 0.2) is 24.4 Å². The average Bonchev–Trinajstić information content (AvgIpc) is 2.15. The molecule has 0 atom stereocenters. The van der Waals surface area contributed by atoms with Crippen molar-refractivity contribution in [3.05, 3.63) is 24.4 Å². The van der Waals surface area contributed by atoms with Crippen LogP contribution in [0.1, 0.15) is 0 Å². The molecule has 0 saturated heterocycles. The number of rotatable bonds is 0. The second-order valence-corrected chi connectivity index (χ2v) is 2.73. The molecule has 2 rings (SSSR count). The van der Waals surface area contributed by atoms with E-state index in [-0.39, 0.29) is 36.3 Å². The number of hydrogen-bond acceptors (Lipinski definition) is 4. The van der Waals surface area contributed by atoms with E-state index in [0.29, 0.717) is 16.6 Å². The number of nitrogen functional groups attached to an aromatic ring is 1. The number of phenolic OH excluding ortho intramolecular Hbond substituents is 2. The summed E-state index contributed by atoms with van der Waals surface area (Å²) in [5, 5.41) is 19.1. The van der Waals surface area contributed by atoms with Crippen LogP contribution < -0.4 is 5.73 Å². The number of benzene rings is 1. The van der Waals surface area contributed by atoms with E-state index in [1.165, 1.54) is 6.07 Å². The van der Waals surface area contributed by atoms with Gasteiger partial charge >= 0.3 is 0 Å². The van der Waals surface area contributed by atoms with Crippen LogP contribution in [0.5, 0.6) is 11.5 Å². The van der Waals surface area contributed by atoms with Crippen molar-refractivity contribution in [1.82, 2.24) is 4.98 Å². The molecule has 1 aromatic heterocycles. The van der Waals surface area contributed by atoms with Gasteiger partial charge in [-0.05, 0) is 12.1 Å². The predicted octanol–water partition coefficient (Wildman–Crippen LogP) is 2.07. The minimum absolute atomic E-state index is 0. The third kappa shape index (κ3) is 2.16. The van der Waals surface area contributed by atoms with Crippen molar-refractivity contribution in [3.63, 3.8) is 0 Å². The van der Waals surface area contributed by atoms with Crippen LogP contribution in [0.2, 0.25) is 0 Å². The molecule has 0 aliphatic heterocycles. The monoisotopic (exact) mass is 248 g/mol. The smallest absolute Gasteiger partial charge is 0.167 e. The van der Waals surface area contributed by atoms with E-state index in [4.69, 9.17) is 5.73 Å². The quantitative estimate of drug-likeness (QED) is 0.379. The van der Waals surface area contributed by atoms with Crippen molar-refractivity contribution in [3.8, 4) is 11.5 Å². The number of nitrogens with two attached hydrogens (primary N) is 1. The third-order valence-corrected chi connectivity index (χ3v) is 1.87. The Kier molecular flexibility index (Phi) is 4.45. The lowest BCUT2D eigenvalue weighted by atomic mass is 10.1. The van der Waals surface area contributed by atoms with Gasteiger partial charge in [-0.1, -0.05) is 0 Å². The van der Waals surface area contributed by atoms with Crippen LogP contribution in [0.3, 0.4) is 0 Å². The second kappa shape index (κ2) is 4.91. The maximum atomic E-state index is 9.44. The summed E-state index contributed by atoms with van der Waals surface area (Å²) in [4.78, 5) is 3.99. The first-order chi connectivity index (χ1) is 6.20. The Morgan fingerprint density at radius 1 is 1.20 bits per heavy atom. The van der Waals surface area contributed by atoms with Gasteiger partial charge in [0.25, 0.3) is 0 Å². The summed E-state index contributed by atoms with van der Waals surface area (Å²) in [6.07, 6.45) is 1.58. The number of anilines is 1. The first-order valence-electron chi connectivity index (χ1n) is 3.75. The number of aromatic nitrogens is 1. The Hall–Kier alpha value is -1.39. The number of fused-ring (bicyclic) bond motifs is 1. The fourth-order valence-corrected chi connectivity index (χ4v) is 1.25. The van der Waals surface area contributed by atoms with E-state index in [9.17, 15) is 10.2 Å². The largest absolute Gasteiger partial charge is 0.504 e. The van der Waals surface area contributed by atoms with Crippen molar-refractivity contribution in [2.24, 2.45) is 0 Å². The summed E-state index contributed by atoms with van der Waals surface area (Å²) in [5.41, 5.74) is 6.44. The number of pyridine rings is 1. The van der Waals surface area contributed by atoms with Crippen molar-refractivity contribution in [1.29, 1.82) is 0 Å². The van der Waals surface area contributed by atoms with Crippen molar-refractivity contribution in [2.45, 2.75) is 0 Å². The maximum absolute atomic E-state index is 9.44. The highest BCUT2D eigenvalue weighted by molar-refractivity contribution is 5.95. The molecule has 0 fully saturated rings. The van der Waals surface area contributed by atoms with Gasteiger partial charge in [0.15, 0.2) is 11.5 Å². The van der Waals surface area contributed by atoms with E-state index < -0.39 is 0 Å². The van der Waals surface area contributed by atoms with Crippen LogP contribution >= 0.6 is 24.8 Å². The number of hydrogen-bond donors (Lipinski definition) is 3. The first kappa shape index (κ1) is 13.6. The highest BCUT2D eigenvalue weighted by Gasteiger charge is 2.08. The SMILES string of the molecule is Cl.Cl.Nc1cc(O)c(O)c2cccnc12. The Bertz CT molecular complexity index is 477. The molecule has 0 aliphatic carbocycles. The molecular formula is C9H10Cl2N2O2. The van der Waals surface area contributed by atoms with Crippen molar-refractivity contribution < 1.29 is 10.2 Å². The van der Waals surface area contributed by atoms with Gasteiger partial charge in [-0.15, -0.1) is 24.8 Å². The topological polar surface area (TPSA) is 79.4 Å². The maximum Gasteiger partial charge on any atom is 0.167 e. The molecule has 4 nitrogen and oxygen atoms in total. The summed E-state index contributed by atoms with van der Waals surface area (Å²) in [6.45, 7) is 0. The lowest BCUT2D eigenvalue weighted by Gasteiger charge is -2.04. The zero-order valence-corrected chi connectivity index (χ0v) is 9.18. The summed E-state index contributed by atoms with van der Waals surface area (Å²) in [7, 11) is 0. The van der Waals surface area contributed by atoms with Gasteiger partial charge in [0.1, 0.15) is 0 Å². The molecule has 0 unspecified atom stereocenters. The molecule has 0 aliphatic rings. The third-order valence-electron chi connectivity index (χ3n) is 1.87. The Balaban J connectivity index is 0.000000980. The molecule has 1 aromatic carbocycles. The van der Waals surface area contributed by atoms with Crippen LogP contribution in [0.25, 0.3) is 10.9 Å². The zero-order chi connectivity index (χ0) is 9.42. The van der Waals surface area contributed by atoms with Gasteiger partial charge < -0.3 is 15.9 Å². The summed E-state index contributed by atoms with van der Waals surface area (Å²) < 4.78 is 0. The molecule has 2 aromatic rings. The van der Waals surface area contributed by atoms with Crippen molar-refractivity contribution in [2.75, 3.05) is 5.73 Å². The lowest BCUT2D eigenvalue weighted by molar-refractivity contribution is 0.408. The fourth-order valence-electron chi connectivity index (χ4n) is 1.25. The minimum atomic E-state index is -0.224. The first-order valence-corrected chi connectivity index (χ1v) is 3.75. The molecule has 1 heterocycles. The highest BCUT2D eigenvalue weighted by Crippen LogP contribution is 2.35. The number of phenols is 2. The van der Waals surface area contributed by atoms with Gasteiger partial charge in [0, 0.05) is 17.6 Å². The number of halogens is 2. The normalized spacial score (nSPS) is 9.07. The Labute approximate surface area is 98.6 Å². The van der Waals surface area contributed by atoms with Crippen LogP contribution in [0.4, 0.5) is 5.69 Å². The van der Waals surface area contributed by atoms with Crippen LogP contribution in [-0.2, 0) is 0 Å². The van der Waals surface area contributed by atoms with Gasteiger partial charge in [-0.25, -0.2) is 0 Å². The van der Waals surface area contributed by atoms with Gasteiger partial charge in [-0.3, -0.25) is 4.98 Å². The molecule has 0 radical (unpaired) electrons. The molecule has 0 amide bonds. The van der Waals surface area contributed by atoms with Crippen LogP contribution in [0, 0.1) is 0 Å². The van der Waals surface area contributed by atoms with Crippen molar-refractivity contribution >= 4 is 41.4 Å². The lowest BCUT2D eigenvalue weighted by Crippen LogP contribution is -1.89. The van der Waals surface area contributed by atoms with Gasteiger partial charge in [-0.2, -0.15) is 0 Å². The second-order valence-electron chi connectivity index (χ2n) is 2.73. The summed E-state index contributed by atoms with van der Waals surface area (Å²) >= 11 is 0. The minimum Gasteiger partial charge on any atom is -0.504 e. The Morgan fingerprint density at radius 2 is 1.87 bits per heavy atom. The number of nitrogens with zero attached hydrogens (tertiary/aromatic N) is 1. The highest BCUT2D eigenvalue weighted by atomic mass is 35.5. The Morgan fingerprint density at radius 3 is 2.53 bits per heavy atom. The molecule has 0 spiro atoms. The van der Waals surface area contributed by atoms with E-state index in [1.54, 1.807) is 18.3 Å². The van der Waals surface area contributed by atoms with Gasteiger partial charge in [0.2, 0.25) is 0 Å². The molecule has 0 saturated carbocycles. The number of aromatic hydroxyl groups is 2. The van der Waals surface area contributed by atoms with E-state index >= 15 is 0 Å². The molecule has 6 heteroatoms. The molecule has 82 valence electrons. The van der Waals surface area contributed by atoms with Gasteiger partial charge in [0.05, 0.1) is 11.2 Å². The molecular weight excluding hydrogens is 239 g/mol. The molecule has 0 bridgehead atoms. The standard InChI is InChI=1S/C9H8N2O2.2ClH/c10-6-4-7(12)9(13)5-2-1-3-11-8(5)6;;/h1-4,12-13H,10H2;2*1H. The van der Waals surface area contributed by atoms with E-state index in [1.807, 2.05) is 0 Å². The zero-order valence-electron chi connectivity index (χ0n) is 7.54. The van der Waals surface area contributed by atoms with E-state index in [0.717, 1.165) is 0 Å².